The van der Waals surface area contributed by atoms with Gasteiger partial charge in [0.1, 0.15) is 11.9 Å². The molecule has 4 heterocycles. The lowest BCUT2D eigenvalue weighted by Gasteiger charge is -2.34. The molecular weight excluding hydrogens is 508 g/mol. The number of nitrogens with zero attached hydrogens (tertiary/aromatic N) is 2. The number of nitrogens with one attached hydrogen (secondary N) is 2. The molecule has 214 valence electrons. The maximum Gasteiger partial charge on any atom is 0.255 e. The van der Waals surface area contributed by atoms with Gasteiger partial charge < -0.3 is 25.2 Å². The van der Waals surface area contributed by atoms with Crippen molar-refractivity contribution in [1.29, 1.82) is 0 Å². The second-order valence-corrected chi connectivity index (χ2v) is 11.8. The van der Waals surface area contributed by atoms with Crippen LogP contribution in [0.4, 0.5) is 0 Å². The van der Waals surface area contributed by atoms with Crippen molar-refractivity contribution in [3.8, 4) is 5.75 Å². The van der Waals surface area contributed by atoms with Gasteiger partial charge in [-0.05, 0) is 67.3 Å². The Hall–Kier alpha value is -3.01. The van der Waals surface area contributed by atoms with Gasteiger partial charge in [-0.2, -0.15) is 0 Å². The van der Waals surface area contributed by atoms with Crippen molar-refractivity contribution in [1.82, 2.24) is 20.5 Å². The Labute approximate surface area is 235 Å². The summed E-state index contributed by atoms with van der Waals surface area (Å²) < 4.78 is 12.5. The van der Waals surface area contributed by atoms with Crippen LogP contribution in [0.3, 0.4) is 0 Å². The summed E-state index contributed by atoms with van der Waals surface area (Å²) in [6.45, 7) is 1.75. The SMILES string of the molecule is O=C1N[C@H]2C[C@@H](C(=O)NC[C@H]3O[C@H](CCOc4cc(C5CCCC5)ccc41)CC[C@@H]3O)N(Cc1cccnc1)C2. The molecule has 3 aliphatic heterocycles. The summed E-state index contributed by atoms with van der Waals surface area (Å²) in [5.41, 5.74) is 2.76. The smallest absolute Gasteiger partial charge is 0.255 e. The Morgan fingerprint density at radius 2 is 1.95 bits per heavy atom. The molecule has 40 heavy (non-hydrogen) atoms. The van der Waals surface area contributed by atoms with Crippen molar-refractivity contribution in [3.05, 3.63) is 59.4 Å². The Bertz CT molecular complexity index is 1190. The van der Waals surface area contributed by atoms with E-state index in [0.29, 0.717) is 56.2 Å². The van der Waals surface area contributed by atoms with Crippen molar-refractivity contribution in [2.24, 2.45) is 0 Å². The van der Waals surface area contributed by atoms with E-state index >= 15 is 0 Å². The van der Waals surface area contributed by atoms with Crippen LogP contribution in [0.5, 0.6) is 5.75 Å². The molecule has 2 amide bonds. The minimum absolute atomic E-state index is 0.0774. The highest BCUT2D eigenvalue weighted by atomic mass is 16.5. The molecule has 3 fully saturated rings. The molecule has 3 N–H and O–H groups in total. The third-order valence-electron chi connectivity index (χ3n) is 8.98. The molecule has 6 rings (SSSR count). The molecule has 9 nitrogen and oxygen atoms in total. The number of pyridine rings is 1. The van der Waals surface area contributed by atoms with Gasteiger partial charge in [0.15, 0.2) is 0 Å². The Kier molecular flexibility index (Phi) is 8.32. The minimum atomic E-state index is -0.617. The summed E-state index contributed by atoms with van der Waals surface area (Å²) >= 11 is 0. The summed E-state index contributed by atoms with van der Waals surface area (Å²) in [6.07, 6.45) is 9.68. The second-order valence-electron chi connectivity index (χ2n) is 11.8. The standard InChI is InChI=1S/C31H40N4O5/c36-27-10-8-24-11-13-39-28-14-22(21-5-1-2-6-21)7-9-25(28)30(37)34-23-15-26(31(38)33-17-29(27)40-24)35(19-23)18-20-4-3-12-32-16-20/h3-4,7,9,12,14,16,21,23-24,26-27,29,36H,1-2,5-6,8,10-11,13,15,17-19H2,(H,33,38)(H,34,37)/t23-,24-,26-,27-,29+/m0/s1. The topological polar surface area (TPSA) is 113 Å². The van der Waals surface area contributed by atoms with Crippen LogP contribution in [0, 0.1) is 0 Å². The number of carbonyl (C=O) groups excluding carboxylic acids is 2. The average Bonchev–Trinajstić information content (AvgIpc) is 3.64. The zero-order chi connectivity index (χ0) is 27.5. The molecule has 1 aromatic carbocycles. The highest BCUT2D eigenvalue weighted by Gasteiger charge is 2.39. The molecule has 4 bridgehead atoms. The lowest BCUT2D eigenvalue weighted by molar-refractivity contribution is -0.133. The van der Waals surface area contributed by atoms with Gasteiger partial charge in [-0.1, -0.05) is 25.0 Å². The van der Waals surface area contributed by atoms with E-state index in [1.807, 2.05) is 18.2 Å². The number of hydrogen-bond donors (Lipinski definition) is 3. The van der Waals surface area contributed by atoms with E-state index in [0.717, 1.165) is 12.0 Å². The van der Waals surface area contributed by atoms with Crippen molar-refractivity contribution in [2.75, 3.05) is 19.7 Å². The predicted octanol–water partition coefficient (Wildman–Crippen LogP) is 2.92. The Balaban J connectivity index is 1.27. The van der Waals surface area contributed by atoms with Crippen molar-refractivity contribution >= 4 is 11.8 Å². The largest absolute Gasteiger partial charge is 0.493 e. The third kappa shape index (κ3) is 6.16. The fourth-order valence-corrected chi connectivity index (χ4v) is 6.77. The van der Waals surface area contributed by atoms with Crippen molar-refractivity contribution in [3.63, 3.8) is 0 Å². The molecule has 1 saturated carbocycles. The van der Waals surface area contributed by atoms with Crippen LogP contribution in [0.1, 0.15) is 78.8 Å². The van der Waals surface area contributed by atoms with E-state index in [1.54, 1.807) is 12.4 Å². The summed E-state index contributed by atoms with van der Waals surface area (Å²) in [4.78, 5) is 33.4. The molecule has 1 aliphatic carbocycles. The molecule has 0 radical (unpaired) electrons. The van der Waals surface area contributed by atoms with Crippen LogP contribution in [-0.4, -0.2) is 76.9 Å². The molecule has 5 atom stereocenters. The first-order chi connectivity index (χ1) is 19.5. The number of aromatic nitrogens is 1. The fraction of sp³-hybridized carbons (Fsp3) is 0.581. The van der Waals surface area contributed by atoms with Crippen LogP contribution in [0.15, 0.2) is 42.7 Å². The van der Waals surface area contributed by atoms with Crippen LogP contribution in [0.25, 0.3) is 0 Å². The van der Waals surface area contributed by atoms with Crippen LogP contribution < -0.4 is 15.4 Å². The second kappa shape index (κ2) is 12.2. The van der Waals surface area contributed by atoms with Gasteiger partial charge in [0.2, 0.25) is 5.91 Å². The number of carbonyl (C=O) groups is 2. The van der Waals surface area contributed by atoms with Gasteiger partial charge in [-0.3, -0.25) is 19.5 Å². The number of ether oxygens (including phenoxy) is 2. The number of fused-ring (bicyclic) bond motifs is 5. The first-order valence-electron chi connectivity index (χ1n) is 14.9. The number of aliphatic hydroxyl groups is 1. The maximum absolute atomic E-state index is 13.6. The number of likely N-dealkylation sites (tertiary alicyclic amines) is 1. The third-order valence-corrected chi connectivity index (χ3v) is 8.98. The van der Waals surface area contributed by atoms with Crippen LogP contribution in [0.2, 0.25) is 0 Å². The zero-order valence-electron chi connectivity index (χ0n) is 23.0. The van der Waals surface area contributed by atoms with E-state index < -0.39 is 18.2 Å². The van der Waals surface area contributed by atoms with Gasteiger partial charge in [-0.15, -0.1) is 0 Å². The number of rotatable bonds is 3. The lowest BCUT2D eigenvalue weighted by atomic mass is 9.95. The van der Waals surface area contributed by atoms with E-state index in [9.17, 15) is 14.7 Å². The van der Waals surface area contributed by atoms with E-state index in [2.05, 4.69) is 32.7 Å². The Morgan fingerprint density at radius 3 is 2.77 bits per heavy atom. The highest BCUT2D eigenvalue weighted by Crippen LogP contribution is 2.36. The summed E-state index contributed by atoms with van der Waals surface area (Å²) in [7, 11) is 0. The summed E-state index contributed by atoms with van der Waals surface area (Å²) in [5, 5.41) is 16.8. The molecule has 2 saturated heterocycles. The molecule has 1 aromatic heterocycles. The zero-order valence-corrected chi connectivity index (χ0v) is 23.0. The average molecular weight is 549 g/mol. The molecule has 0 spiro atoms. The number of aliphatic hydroxyl groups excluding tert-OH is 1. The van der Waals surface area contributed by atoms with E-state index in [4.69, 9.17) is 9.47 Å². The van der Waals surface area contributed by atoms with Gasteiger partial charge in [-0.25, -0.2) is 0 Å². The molecular formula is C31H40N4O5. The van der Waals surface area contributed by atoms with E-state index in [-0.39, 0.29) is 30.5 Å². The van der Waals surface area contributed by atoms with Crippen LogP contribution in [-0.2, 0) is 16.1 Å². The van der Waals surface area contributed by atoms with Gasteiger partial charge >= 0.3 is 0 Å². The molecule has 2 aromatic rings. The molecule has 0 unspecified atom stereocenters. The normalized spacial score (nSPS) is 30.3. The number of hydrogen-bond acceptors (Lipinski definition) is 7. The number of amides is 2. The van der Waals surface area contributed by atoms with Gasteiger partial charge in [0.25, 0.3) is 5.91 Å². The maximum atomic E-state index is 13.6. The van der Waals surface area contributed by atoms with Gasteiger partial charge in [0, 0.05) is 44.5 Å². The lowest BCUT2D eigenvalue weighted by Crippen LogP contribution is -2.50. The fourth-order valence-electron chi connectivity index (χ4n) is 6.77. The first kappa shape index (κ1) is 27.2. The first-order valence-corrected chi connectivity index (χ1v) is 14.9. The monoisotopic (exact) mass is 548 g/mol. The Morgan fingerprint density at radius 1 is 1.07 bits per heavy atom. The van der Waals surface area contributed by atoms with Crippen molar-refractivity contribution < 1.29 is 24.2 Å². The molecule has 9 heteroatoms. The number of benzene rings is 1. The quantitative estimate of drug-likeness (QED) is 0.541. The van der Waals surface area contributed by atoms with E-state index in [1.165, 1.54) is 31.2 Å². The van der Waals surface area contributed by atoms with Gasteiger partial charge in [0.05, 0.1) is 30.4 Å². The predicted molar refractivity (Wildman–Crippen MR) is 149 cm³/mol. The van der Waals surface area contributed by atoms with Crippen molar-refractivity contribution in [2.45, 2.75) is 94.2 Å². The minimum Gasteiger partial charge on any atom is -0.493 e. The highest BCUT2D eigenvalue weighted by molar-refractivity contribution is 5.97. The summed E-state index contributed by atoms with van der Waals surface area (Å²) in [6, 6.07) is 9.29. The van der Waals surface area contributed by atoms with Crippen LogP contribution >= 0.6 is 0 Å². The molecule has 4 aliphatic rings. The summed E-state index contributed by atoms with van der Waals surface area (Å²) in [5.74, 6) is 0.831.